The number of H-pyrrole nitrogens is 1. The molecule has 0 radical (unpaired) electrons. The number of nitrogens with one attached hydrogen (secondary N) is 1. The lowest BCUT2D eigenvalue weighted by Crippen LogP contribution is -2.06. The van der Waals surface area contributed by atoms with Gasteiger partial charge in [-0.25, -0.2) is 9.47 Å². The van der Waals surface area contributed by atoms with Crippen molar-refractivity contribution < 1.29 is 23.4 Å². The van der Waals surface area contributed by atoms with Gasteiger partial charge in [-0.3, -0.25) is 8.77 Å². The predicted molar refractivity (Wildman–Crippen MR) is 94.4 cm³/mol. The third-order valence-corrected chi connectivity index (χ3v) is 5.21. The number of fused-ring (bicyclic) bond motifs is 5. The molecule has 25 heavy (non-hydrogen) atoms. The monoisotopic (exact) mass is 378 g/mol. The number of hydrogen-bond acceptors (Lipinski definition) is 6. The van der Waals surface area contributed by atoms with Crippen LogP contribution in [0.5, 0.6) is 0 Å². The topological polar surface area (TPSA) is 114 Å². The first-order valence-corrected chi connectivity index (χ1v) is 8.77. The molecule has 0 spiro atoms. The summed E-state index contributed by atoms with van der Waals surface area (Å²) in [5, 5.41) is 14.0. The highest BCUT2D eigenvalue weighted by Crippen LogP contribution is 2.35. The van der Waals surface area contributed by atoms with E-state index in [0.29, 0.717) is 44.9 Å². The number of hydrogen-bond donors (Lipinski definition) is 3. The average Bonchev–Trinajstić information content (AvgIpc) is 2.93. The van der Waals surface area contributed by atoms with E-state index in [9.17, 15) is 13.6 Å². The Bertz CT molecular complexity index is 1200. The fraction of sp³-hybridized carbons (Fsp3) is 0. The molecular weight excluding hydrogens is 368 g/mol. The lowest BCUT2D eigenvalue weighted by atomic mass is 10.1. The van der Waals surface area contributed by atoms with Gasteiger partial charge in [-0.1, -0.05) is 23.2 Å². The van der Waals surface area contributed by atoms with Crippen molar-refractivity contribution >= 4 is 56.0 Å². The molecule has 2 heterocycles. The predicted octanol–water partition coefficient (Wildman–Crippen LogP) is 3.05. The molecule has 0 aliphatic rings. The summed E-state index contributed by atoms with van der Waals surface area (Å²) in [5.41, 5.74) is 1.43. The number of pyridine rings is 1. The second-order valence-corrected chi connectivity index (χ2v) is 6.78. The van der Waals surface area contributed by atoms with E-state index in [1.165, 1.54) is 12.1 Å². The lowest BCUT2D eigenvalue weighted by Gasteiger charge is -2.05. The Hall–Kier alpha value is -2.21. The molecule has 0 aliphatic heterocycles. The number of benzene rings is 2. The largest absolute Gasteiger partial charge is 0.320 e. The summed E-state index contributed by atoms with van der Waals surface area (Å²) in [4.78, 5) is 15.4. The molecule has 4 rings (SSSR count). The molecule has 4 aromatic rings. The van der Waals surface area contributed by atoms with Crippen LogP contribution in [-0.4, -0.2) is 23.0 Å². The summed E-state index contributed by atoms with van der Waals surface area (Å²) >= 11 is -1.50. The van der Waals surface area contributed by atoms with Gasteiger partial charge in [-0.15, -0.1) is 4.33 Å². The van der Waals surface area contributed by atoms with Gasteiger partial charge in [0, 0.05) is 16.2 Å². The maximum atomic E-state index is 12.4. The summed E-state index contributed by atoms with van der Waals surface area (Å²) in [6.45, 7) is 0. The molecule has 128 valence electrons. The molecule has 0 saturated carbocycles. The number of nitrogens with zero attached hydrogens (tertiary/aromatic N) is 1. The molecule has 8 nitrogen and oxygen atoms in total. The van der Waals surface area contributed by atoms with Crippen molar-refractivity contribution in [3.8, 4) is 0 Å². The summed E-state index contributed by atoms with van der Waals surface area (Å²) in [5.74, 6) is 0. The van der Waals surface area contributed by atoms with E-state index in [4.69, 9.17) is 5.26 Å². The SMILES string of the molecule is O=c1[nH]c2c3ccc(S(=O)O)cc3n(SOOO)c2c2ccccc12. The van der Waals surface area contributed by atoms with Crippen LogP contribution >= 0.6 is 12.2 Å². The highest BCUT2D eigenvalue weighted by Gasteiger charge is 2.18. The van der Waals surface area contributed by atoms with Gasteiger partial charge in [0.2, 0.25) is 0 Å². The first-order valence-electron chi connectivity index (χ1n) is 6.97. The summed E-state index contributed by atoms with van der Waals surface area (Å²) < 4.78 is 26.9. The molecule has 3 N–H and O–H groups in total. The molecule has 0 fully saturated rings. The molecule has 2 aromatic carbocycles. The highest BCUT2D eigenvalue weighted by atomic mass is 32.2. The number of aromatic nitrogens is 2. The fourth-order valence-corrected chi connectivity index (χ4v) is 3.89. The van der Waals surface area contributed by atoms with Gasteiger partial charge < -0.3 is 9.54 Å². The third kappa shape index (κ3) is 2.56. The van der Waals surface area contributed by atoms with E-state index in [1.54, 1.807) is 34.3 Å². The smallest absolute Gasteiger partial charge is 0.256 e. The summed E-state index contributed by atoms with van der Waals surface area (Å²) in [7, 11) is 0. The van der Waals surface area contributed by atoms with Gasteiger partial charge in [0.15, 0.2) is 23.3 Å². The van der Waals surface area contributed by atoms with E-state index in [1.807, 2.05) is 0 Å². The first kappa shape index (κ1) is 16.3. The normalized spacial score (nSPS) is 13.0. The van der Waals surface area contributed by atoms with Gasteiger partial charge in [0.1, 0.15) is 0 Å². The maximum absolute atomic E-state index is 12.4. The van der Waals surface area contributed by atoms with Crippen LogP contribution in [0.25, 0.3) is 32.7 Å². The van der Waals surface area contributed by atoms with Gasteiger partial charge >= 0.3 is 0 Å². The molecule has 0 amide bonds. The zero-order chi connectivity index (χ0) is 17.6. The van der Waals surface area contributed by atoms with E-state index in [0.717, 1.165) is 0 Å². The number of rotatable bonds is 4. The Morgan fingerprint density at radius 2 is 1.88 bits per heavy atom. The lowest BCUT2D eigenvalue weighted by molar-refractivity contribution is -0.432. The second kappa shape index (κ2) is 6.26. The maximum Gasteiger partial charge on any atom is 0.256 e. The van der Waals surface area contributed by atoms with Crippen LogP contribution in [0, 0.1) is 0 Å². The van der Waals surface area contributed by atoms with Crippen molar-refractivity contribution in [3.63, 3.8) is 0 Å². The van der Waals surface area contributed by atoms with Gasteiger partial charge in [0.25, 0.3) is 5.56 Å². The third-order valence-electron chi connectivity index (χ3n) is 3.90. The quantitative estimate of drug-likeness (QED) is 0.216. The van der Waals surface area contributed by atoms with Crippen molar-refractivity contribution in [2.24, 2.45) is 0 Å². The zero-order valence-electron chi connectivity index (χ0n) is 12.3. The van der Waals surface area contributed by atoms with Crippen LogP contribution in [0.15, 0.2) is 52.2 Å². The van der Waals surface area contributed by atoms with Crippen molar-refractivity contribution in [2.45, 2.75) is 4.90 Å². The van der Waals surface area contributed by atoms with Crippen LogP contribution in [0.4, 0.5) is 0 Å². The average molecular weight is 378 g/mol. The molecular formula is C15H10N2O6S2. The molecule has 0 bridgehead atoms. The van der Waals surface area contributed by atoms with Crippen LogP contribution < -0.4 is 5.56 Å². The van der Waals surface area contributed by atoms with Crippen molar-refractivity contribution in [1.82, 2.24) is 8.96 Å². The van der Waals surface area contributed by atoms with E-state index in [-0.39, 0.29) is 10.5 Å². The second-order valence-electron chi connectivity index (χ2n) is 5.16. The summed E-state index contributed by atoms with van der Waals surface area (Å²) in [6.07, 6.45) is 0. The minimum atomic E-state index is -2.17. The fourth-order valence-electron chi connectivity index (χ4n) is 2.91. The van der Waals surface area contributed by atoms with Gasteiger partial charge in [0.05, 0.1) is 21.4 Å². The Morgan fingerprint density at radius 1 is 1.12 bits per heavy atom. The van der Waals surface area contributed by atoms with Crippen LogP contribution in [0.3, 0.4) is 0 Å². The van der Waals surface area contributed by atoms with Crippen LogP contribution in [-0.2, 0) is 20.5 Å². The molecule has 10 heteroatoms. The van der Waals surface area contributed by atoms with E-state index in [2.05, 4.69) is 14.4 Å². The standard InChI is InChI=1S/C15H10N2O6S2/c18-15-10-4-2-1-3-9(10)14-13(16-15)11-6-5-8(25(20)21)7-12(11)17(14)24-23-22-19/h1-7,19H,(H,16,18)(H,20,21). The Balaban J connectivity index is 2.22. The Kier molecular flexibility index (Phi) is 4.07. The van der Waals surface area contributed by atoms with E-state index >= 15 is 0 Å². The van der Waals surface area contributed by atoms with Crippen LogP contribution in [0.2, 0.25) is 0 Å². The minimum absolute atomic E-state index is 0.189. The minimum Gasteiger partial charge on any atom is -0.320 e. The Labute approximate surface area is 146 Å². The number of aromatic amines is 1. The summed E-state index contributed by atoms with van der Waals surface area (Å²) in [6, 6.07) is 11.7. The molecule has 1 atom stereocenters. The zero-order valence-corrected chi connectivity index (χ0v) is 14.0. The van der Waals surface area contributed by atoms with Crippen molar-refractivity contribution in [1.29, 1.82) is 0 Å². The first-order chi connectivity index (χ1) is 12.1. The van der Waals surface area contributed by atoms with Gasteiger partial charge in [-0.05, 0) is 24.3 Å². The van der Waals surface area contributed by atoms with Crippen molar-refractivity contribution in [3.05, 3.63) is 52.8 Å². The molecule has 2 aromatic heterocycles. The van der Waals surface area contributed by atoms with E-state index < -0.39 is 11.1 Å². The van der Waals surface area contributed by atoms with Gasteiger partial charge in [-0.2, -0.15) is 0 Å². The molecule has 1 unspecified atom stereocenters. The van der Waals surface area contributed by atoms with Crippen LogP contribution in [0.1, 0.15) is 0 Å². The Morgan fingerprint density at radius 3 is 2.60 bits per heavy atom. The highest BCUT2D eigenvalue weighted by molar-refractivity contribution is 7.93. The molecule has 0 aliphatic carbocycles. The van der Waals surface area contributed by atoms with Crippen molar-refractivity contribution in [2.75, 3.05) is 0 Å². The molecule has 0 saturated heterocycles.